The fourth-order valence-corrected chi connectivity index (χ4v) is 2.69. The average molecular weight is 388 g/mol. The summed E-state index contributed by atoms with van der Waals surface area (Å²) < 4.78 is 6.47. The lowest BCUT2D eigenvalue weighted by Gasteiger charge is -2.11. The molecule has 1 heterocycles. The van der Waals surface area contributed by atoms with Gasteiger partial charge in [0, 0.05) is 22.4 Å². The first-order valence-corrected chi connectivity index (χ1v) is 7.61. The molecule has 1 saturated heterocycles. The number of carbonyl (C=O) groups excluding carboxylic acids is 2. The zero-order chi connectivity index (χ0) is 14.5. The Morgan fingerprint density at radius 2 is 2.20 bits per heavy atom. The number of amides is 2. The van der Waals surface area contributed by atoms with Crippen LogP contribution in [-0.2, 0) is 14.3 Å². The third-order valence-electron chi connectivity index (χ3n) is 3.16. The highest BCUT2D eigenvalue weighted by Gasteiger charge is 2.19. The zero-order valence-electron chi connectivity index (χ0n) is 11.2. The molecule has 2 amide bonds. The van der Waals surface area contributed by atoms with Gasteiger partial charge in [0.2, 0.25) is 0 Å². The van der Waals surface area contributed by atoms with Gasteiger partial charge in [-0.25, -0.2) is 0 Å². The lowest BCUT2D eigenvalue weighted by molar-refractivity contribution is -0.136. The second-order valence-corrected chi connectivity index (χ2v) is 6.00. The second kappa shape index (κ2) is 7.03. The molecular formula is C14H17IN2O3. The van der Waals surface area contributed by atoms with Crippen LogP contribution in [-0.4, -0.2) is 31.1 Å². The van der Waals surface area contributed by atoms with E-state index in [1.807, 2.05) is 19.1 Å². The fraction of sp³-hybridized carbons (Fsp3) is 0.429. The number of halogens is 1. The van der Waals surface area contributed by atoms with Crippen LogP contribution < -0.4 is 10.6 Å². The Bertz CT molecular complexity index is 513. The molecule has 0 aliphatic carbocycles. The van der Waals surface area contributed by atoms with E-state index in [1.54, 1.807) is 6.07 Å². The van der Waals surface area contributed by atoms with Crippen LogP contribution in [0, 0.1) is 10.5 Å². The summed E-state index contributed by atoms with van der Waals surface area (Å²) in [6, 6.07) is 5.62. The van der Waals surface area contributed by atoms with Crippen molar-refractivity contribution in [2.75, 3.05) is 18.5 Å². The molecule has 0 aromatic heterocycles. The topological polar surface area (TPSA) is 67.4 Å². The summed E-state index contributed by atoms with van der Waals surface area (Å²) >= 11 is 2.20. The van der Waals surface area contributed by atoms with E-state index in [1.165, 1.54) is 0 Å². The van der Waals surface area contributed by atoms with E-state index in [-0.39, 0.29) is 6.10 Å². The summed E-state index contributed by atoms with van der Waals surface area (Å²) in [5, 5.41) is 5.22. The van der Waals surface area contributed by atoms with Crippen molar-refractivity contribution in [1.29, 1.82) is 0 Å². The van der Waals surface area contributed by atoms with Crippen LogP contribution in [0.3, 0.4) is 0 Å². The van der Waals surface area contributed by atoms with Crippen LogP contribution in [0.25, 0.3) is 0 Å². The number of benzene rings is 1. The quantitative estimate of drug-likeness (QED) is 0.614. The summed E-state index contributed by atoms with van der Waals surface area (Å²) in [7, 11) is 0. The van der Waals surface area contributed by atoms with Gasteiger partial charge in [0.1, 0.15) is 0 Å². The van der Waals surface area contributed by atoms with E-state index in [9.17, 15) is 9.59 Å². The summed E-state index contributed by atoms with van der Waals surface area (Å²) in [6.07, 6.45) is 1.97. The van der Waals surface area contributed by atoms with E-state index in [0.29, 0.717) is 12.2 Å². The Hall–Kier alpha value is -1.15. The van der Waals surface area contributed by atoms with E-state index in [2.05, 4.69) is 33.2 Å². The Kier molecular flexibility index (Phi) is 5.36. The van der Waals surface area contributed by atoms with Gasteiger partial charge in [0.05, 0.1) is 6.10 Å². The van der Waals surface area contributed by atoms with Crippen LogP contribution >= 0.6 is 22.6 Å². The summed E-state index contributed by atoms with van der Waals surface area (Å²) in [6.45, 7) is 3.01. The molecule has 0 bridgehead atoms. The molecule has 2 rings (SSSR count). The van der Waals surface area contributed by atoms with Gasteiger partial charge in [-0.1, -0.05) is 0 Å². The standard InChI is InChI=1S/C14H17IN2O3/c1-9-7-10(15)4-5-12(9)17-14(19)13(18)16-8-11-3-2-6-20-11/h4-5,7,11H,2-3,6,8H2,1H3,(H,16,18)(H,17,19). The highest BCUT2D eigenvalue weighted by atomic mass is 127. The van der Waals surface area contributed by atoms with Crippen molar-refractivity contribution in [1.82, 2.24) is 5.32 Å². The van der Waals surface area contributed by atoms with Crippen LogP contribution in [0.15, 0.2) is 18.2 Å². The number of ether oxygens (including phenoxy) is 1. The van der Waals surface area contributed by atoms with Gasteiger partial charge >= 0.3 is 11.8 Å². The number of aryl methyl sites for hydroxylation is 1. The van der Waals surface area contributed by atoms with E-state index in [0.717, 1.165) is 28.6 Å². The number of nitrogens with one attached hydrogen (secondary N) is 2. The first-order chi connectivity index (χ1) is 9.56. The van der Waals surface area contributed by atoms with Crippen molar-refractivity contribution < 1.29 is 14.3 Å². The molecule has 5 nitrogen and oxygen atoms in total. The van der Waals surface area contributed by atoms with Gasteiger partial charge in [-0.15, -0.1) is 0 Å². The Balaban J connectivity index is 1.85. The van der Waals surface area contributed by atoms with E-state index >= 15 is 0 Å². The second-order valence-electron chi connectivity index (χ2n) is 4.76. The van der Waals surface area contributed by atoms with Crippen molar-refractivity contribution in [2.45, 2.75) is 25.9 Å². The first-order valence-electron chi connectivity index (χ1n) is 6.53. The van der Waals surface area contributed by atoms with Gasteiger partial charge < -0.3 is 15.4 Å². The minimum Gasteiger partial charge on any atom is -0.376 e. The lowest BCUT2D eigenvalue weighted by atomic mass is 10.2. The molecule has 0 saturated carbocycles. The number of hydrogen-bond donors (Lipinski definition) is 2. The predicted octanol–water partition coefficient (Wildman–Crippen LogP) is 1.83. The molecule has 1 unspecified atom stereocenters. The largest absolute Gasteiger partial charge is 0.376 e. The first kappa shape index (κ1) is 15.2. The molecule has 1 aliphatic rings. The van der Waals surface area contributed by atoms with Crippen molar-refractivity contribution in [3.05, 3.63) is 27.3 Å². The molecule has 1 aliphatic heterocycles. The van der Waals surface area contributed by atoms with Gasteiger partial charge in [0.15, 0.2) is 0 Å². The van der Waals surface area contributed by atoms with Gasteiger partial charge in [-0.05, 0) is 66.1 Å². The molecule has 2 N–H and O–H groups in total. The molecular weight excluding hydrogens is 371 g/mol. The number of carbonyl (C=O) groups is 2. The van der Waals surface area contributed by atoms with Crippen molar-refractivity contribution in [3.8, 4) is 0 Å². The average Bonchev–Trinajstić information content (AvgIpc) is 2.92. The smallest absolute Gasteiger partial charge is 0.313 e. The molecule has 0 radical (unpaired) electrons. The van der Waals surface area contributed by atoms with Gasteiger partial charge in [-0.3, -0.25) is 9.59 Å². The summed E-state index contributed by atoms with van der Waals surface area (Å²) in [5.41, 5.74) is 1.58. The Morgan fingerprint density at radius 3 is 2.85 bits per heavy atom. The highest BCUT2D eigenvalue weighted by molar-refractivity contribution is 14.1. The van der Waals surface area contributed by atoms with Crippen molar-refractivity contribution >= 4 is 40.1 Å². The molecule has 1 atom stereocenters. The normalized spacial score (nSPS) is 17.8. The molecule has 1 fully saturated rings. The Labute approximate surface area is 131 Å². The number of anilines is 1. The van der Waals surface area contributed by atoms with Crippen LogP contribution in [0.1, 0.15) is 18.4 Å². The van der Waals surface area contributed by atoms with E-state index in [4.69, 9.17) is 4.74 Å². The van der Waals surface area contributed by atoms with Gasteiger partial charge in [-0.2, -0.15) is 0 Å². The van der Waals surface area contributed by atoms with Crippen LogP contribution in [0.2, 0.25) is 0 Å². The molecule has 1 aromatic carbocycles. The lowest BCUT2D eigenvalue weighted by Crippen LogP contribution is -2.39. The molecule has 6 heteroatoms. The maximum atomic E-state index is 11.8. The minimum absolute atomic E-state index is 0.0341. The van der Waals surface area contributed by atoms with Crippen molar-refractivity contribution in [2.24, 2.45) is 0 Å². The van der Waals surface area contributed by atoms with Gasteiger partial charge in [0.25, 0.3) is 0 Å². The molecule has 0 spiro atoms. The summed E-state index contributed by atoms with van der Waals surface area (Å²) in [4.78, 5) is 23.5. The fourth-order valence-electron chi connectivity index (χ4n) is 2.04. The van der Waals surface area contributed by atoms with Crippen LogP contribution in [0.4, 0.5) is 5.69 Å². The monoisotopic (exact) mass is 388 g/mol. The minimum atomic E-state index is -0.646. The Morgan fingerprint density at radius 1 is 1.40 bits per heavy atom. The maximum absolute atomic E-state index is 11.8. The molecule has 20 heavy (non-hydrogen) atoms. The SMILES string of the molecule is Cc1cc(I)ccc1NC(=O)C(=O)NCC1CCCO1. The van der Waals surface area contributed by atoms with Crippen molar-refractivity contribution in [3.63, 3.8) is 0 Å². The van der Waals surface area contributed by atoms with E-state index < -0.39 is 11.8 Å². The predicted molar refractivity (Wildman–Crippen MR) is 84.5 cm³/mol. The third-order valence-corrected chi connectivity index (χ3v) is 3.83. The number of rotatable bonds is 3. The number of hydrogen-bond acceptors (Lipinski definition) is 3. The third kappa shape index (κ3) is 4.17. The molecule has 1 aromatic rings. The highest BCUT2D eigenvalue weighted by Crippen LogP contribution is 2.17. The molecule has 108 valence electrons. The summed E-state index contributed by atoms with van der Waals surface area (Å²) in [5.74, 6) is -1.27. The van der Waals surface area contributed by atoms with Crippen LogP contribution in [0.5, 0.6) is 0 Å². The maximum Gasteiger partial charge on any atom is 0.313 e. The zero-order valence-corrected chi connectivity index (χ0v) is 13.4.